The lowest BCUT2D eigenvalue weighted by atomic mass is 9.92. The molecule has 128 valence electrons. The lowest BCUT2D eigenvalue weighted by Crippen LogP contribution is -2.48. The van der Waals surface area contributed by atoms with E-state index in [0.29, 0.717) is 5.92 Å². The van der Waals surface area contributed by atoms with E-state index in [1.54, 1.807) is 0 Å². The molecular formula is C19H30N2O2. The summed E-state index contributed by atoms with van der Waals surface area (Å²) in [6.45, 7) is 9.77. The number of hydrogen-bond donors (Lipinski definition) is 2. The molecule has 3 atom stereocenters. The van der Waals surface area contributed by atoms with Gasteiger partial charge in [0.15, 0.2) is 0 Å². The lowest BCUT2D eigenvalue weighted by molar-refractivity contribution is -0.121. The molecule has 1 aromatic rings. The molecular weight excluding hydrogens is 288 g/mol. The molecule has 0 radical (unpaired) electrons. The Morgan fingerprint density at radius 1 is 1.26 bits per heavy atom. The van der Waals surface area contributed by atoms with Gasteiger partial charge in [-0.25, -0.2) is 0 Å². The fraction of sp³-hybridized carbons (Fsp3) is 0.632. The molecule has 1 aliphatic rings. The van der Waals surface area contributed by atoms with Crippen molar-refractivity contribution in [3.63, 3.8) is 0 Å². The summed E-state index contributed by atoms with van der Waals surface area (Å²) in [7, 11) is 0. The van der Waals surface area contributed by atoms with Crippen molar-refractivity contribution in [1.82, 2.24) is 4.90 Å². The van der Waals surface area contributed by atoms with Gasteiger partial charge in [0, 0.05) is 12.2 Å². The number of nitrogens with one attached hydrogen (secondary N) is 1. The number of benzene rings is 1. The Morgan fingerprint density at radius 2 is 1.96 bits per heavy atom. The van der Waals surface area contributed by atoms with E-state index in [4.69, 9.17) is 0 Å². The molecule has 1 heterocycles. The van der Waals surface area contributed by atoms with Crippen LogP contribution in [0.15, 0.2) is 24.3 Å². The van der Waals surface area contributed by atoms with Crippen molar-refractivity contribution in [3.8, 4) is 0 Å². The molecule has 1 amide bonds. The average Bonchev–Trinajstić information content (AvgIpc) is 2.54. The number of nitrogens with zero attached hydrogens (tertiary/aromatic N) is 1. The Morgan fingerprint density at radius 3 is 2.61 bits per heavy atom. The number of carbonyl (C=O) groups is 1. The number of para-hydroxylation sites is 1. The first-order chi connectivity index (χ1) is 10.9. The molecule has 2 N–H and O–H groups in total. The summed E-state index contributed by atoms with van der Waals surface area (Å²) < 4.78 is 0. The summed E-state index contributed by atoms with van der Waals surface area (Å²) in [5, 5.41) is 12.9. The number of hydrogen-bond acceptors (Lipinski definition) is 3. The van der Waals surface area contributed by atoms with Crippen LogP contribution in [0, 0.1) is 5.92 Å². The van der Waals surface area contributed by atoms with Crippen LogP contribution in [0.25, 0.3) is 0 Å². The van der Waals surface area contributed by atoms with Crippen molar-refractivity contribution >= 4 is 11.6 Å². The van der Waals surface area contributed by atoms with E-state index in [1.165, 1.54) is 0 Å². The van der Waals surface area contributed by atoms with Gasteiger partial charge < -0.3 is 10.4 Å². The number of aliphatic hydroxyl groups is 1. The first kappa shape index (κ1) is 18.0. The van der Waals surface area contributed by atoms with Gasteiger partial charge in [0.2, 0.25) is 5.91 Å². The van der Waals surface area contributed by atoms with E-state index in [-0.39, 0.29) is 24.0 Å². The minimum absolute atomic E-state index is 0.0318. The summed E-state index contributed by atoms with van der Waals surface area (Å²) in [5.74, 6) is 0.669. The fourth-order valence-electron chi connectivity index (χ4n) is 3.30. The van der Waals surface area contributed by atoms with E-state index in [9.17, 15) is 9.90 Å². The third-order valence-corrected chi connectivity index (χ3v) is 4.94. The Balaban J connectivity index is 2.03. The Kier molecular flexibility index (Phi) is 6.19. The van der Waals surface area contributed by atoms with Crippen molar-refractivity contribution in [2.75, 3.05) is 18.4 Å². The number of carbonyl (C=O) groups excluding carboxylic acids is 1. The van der Waals surface area contributed by atoms with Crippen LogP contribution in [0.3, 0.4) is 0 Å². The van der Waals surface area contributed by atoms with Gasteiger partial charge in [-0.2, -0.15) is 0 Å². The lowest BCUT2D eigenvalue weighted by Gasteiger charge is -2.37. The third kappa shape index (κ3) is 4.55. The van der Waals surface area contributed by atoms with Crippen LogP contribution in [-0.2, 0) is 4.79 Å². The fourth-order valence-corrected chi connectivity index (χ4v) is 3.30. The predicted molar refractivity (Wildman–Crippen MR) is 94.6 cm³/mol. The zero-order chi connectivity index (χ0) is 17.0. The zero-order valence-corrected chi connectivity index (χ0v) is 14.7. The summed E-state index contributed by atoms with van der Waals surface area (Å²) in [5.41, 5.74) is 2.07. The van der Waals surface area contributed by atoms with Crippen LogP contribution in [0.1, 0.15) is 52.0 Å². The molecule has 1 saturated heterocycles. The Labute approximate surface area is 139 Å². The highest BCUT2D eigenvalue weighted by Crippen LogP contribution is 2.25. The maximum Gasteiger partial charge on any atom is 0.241 e. The van der Waals surface area contributed by atoms with Crippen LogP contribution >= 0.6 is 0 Å². The quantitative estimate of drug-likeness (QED) is 0.876. The molecule has 2 rings (SSSR count). The summed E-state index contributed by atoms with van der Waals surface area (Å²) in [6, 6.07) is 7.81. The van der Waals surface area contributed by atoms with E-state index in [0.717, 1.165) is 37.2 Å². The maximum atomic E-state index is 12.6. The minimum Gasteiger partial charge on any atom is -0.393 e. The molecule has 3 unspecified atom stereocenters. The van der Waals surface area contributed by atoms with E-state index < -0.39 is 0 Å². The summed E-state index contributed by atoms with van der Waals surface area (Å²) in [6.07, 6.45) is 1.77. The summed E-state index contributed by atoms with van der Waals surface area (Å²) in [4.78, 5) is 14.8. The highest BCUT2D eigenvalue weighted by Gasteiger charge is 2.29. The van der Waals surface area contributed by atoms with Crippen LogP contribution in [0.5, 0.6) is 0 Å². The minimum atomic E-state index is -0.310. The van der Waals surface area contributed by atoms with Gasteiger partial charge in [-0.3, -0.25) is 9.69 Å². The number of amides is 1. The number of anilines is 1. The molecule has 4 heteroatoms. The molecule has 0 bridgehead atoms. The normalized spacial score (nSPS) is 21.9. The second-order valence-electron chi connectivity index (χ2n) is 7.05. The van der Waals surface area contributed by atoms with Crippen LogP contribution in [0.2, 0.25) is 0 Å². The molecule has 23 heavy (non-hydrogen) atoms. The smallest absolute Gasteiger partial charge is 0.241 e. The zero-order valence-electron chi connectivity index (χ0n) is 14.7. The summed E-state index contributed by atoms with van der Waals surface area (Å²) >= 11 is 0. The first-order valence-electron chi connectivity index (χ1n) is 8.72. The van der Waals surface area contributed by atoms with Crippen molar-refractivity contribution in [3.05, 3.63) is 29.8 Å². The van der Waals surface area contributed by atoms with Gasteiger partial charge >= 0.3 is 0 Å². The van der Waals surface area contributed by atoms with Gasteiger partial charge in [-0.05, 0) is 56.7 Å². The van der Waals surface area contributed by atoms with Crippen LogP contribution < -0.4 is 5.32 Å². The predicted octanol–water partition coefficient (Wildman–Crippen LogP) is 3.23. The van der Waals surface area contributed by atoms with E-state index in [1.807, 2.05) is 32.0 Å². The van der Waals surface area contributed by atoms with Gasteiger partial charge in [0.25, 0.3) is 0 Å². The largest absolute Gasteiger partial charge is 0.393 e. The van der Waals surface area contributed by atoms with Gasteiger partial charge in [-0.15, -0.1) is 0 Å². The average molecular weight is 318 g/mol. The molecule has 1 fully saturated rings. The topological polar surface area (TPSA) is 52.6 Å². The van der Waals surface area contributed by atoms with Gasteiger partial charge in [0.05, 0.1) is 12.1 Å². The van der Waals surface area contributed by atoms with Gasteiger partial charge in [0.1, 0.15) is 0 Å². The van der Waals surface area contributed by atoms with Crippen LogP contribution in [-0.4, -0.2) is 41.1 Å². The van der Waals surface area contributed by atoms with Crippen molar-refractivity contribution in [2.45, 2.75) is 58.6 Å². The molecule has 0 aromatic heterocycles. The monoisotopic (exact) mass is 318 g/mol. The van der Waals surface area contributed by atoms with Gasteiger partial charge in [-0.1, -0.05) is 32.0 Å². The Bertz CT molecular complexity index is 528. The molecule has 1 aromatic carbocycles. The SMILES string of the molecule is CC(C)c1ccccc1NC(=O)C(C)N1CCCC(C(C)O)C1. The van der Waals surface area contributed by atoms with E-state index in [2.05, 4.69) is 30.1 Å². The third-order valence-electron chi connectivity index (χ3n) is 4.94. The van der Waals surface area contributed by atoms with Crippen molar-refractivity contribution in [2.24, 2.45) is 5.92 Å². The Hall–Kier alpha value is -1.39. The molecule has 0 aliphatic carbocycles. The number of likely N-dealkylation sites (tertiary alicyclic amines) is 1. The second kappa shape index (κ2) is 7.93. The molecule has 0 spiro atoms. The number of piperidine rings is 1. The van der Waals surface area contributed by atoms with Crippen LogP contribution in [0.4, 0.5) is 5.69 Å². The maximum absolute atomic E-state index is 12.6. The van der Waals surface area contributed by atoms with Crippen molar-refractivity contribution in [1.29, 1.82) is 0 Å². The molecule has 1 aliphatic heterocycles. The number of aliphatic hydroxyl groups excluding tert-OH is 1. The first-order valence-corrected chi connectivity index (χ1v) is 8.72. The van der Waals surface area contributed by atoms with E-state index >= 15 is 0 Å². The highest BCUT2D eigenvalue weighted by atomic mass is 16.3. The second-order valence-corrected chi connectivity index (χ2v) is 7.05. The molecule has 4 nitrogen and oxygen atoms in total. The van der Waals surface area contributed by atoms with Crippen molar-refractivity contribution < 1.29 is 9.90 Å². The number of rotatable bonds is 5. The molecule has 0 saturated carbocycles. The standard InChI is InChI=1S/C19H30N2O2/c1-13(2)17-9-5-6-10-18(17)20-19(23)14(3)21-11-7-8-16(12-21)15(4)22/h5-6,9-10,13-16,22H,7-8,11-12H2,1-4H3,(H,20,23). The highest BCUT2D eigenvalue weighted by molar-refractivity contribution is 5.95.